The summed E-state index contributed by atoms with van der Waals surface area (Å²) in [7, 11) is -2.94. The maximum Gasteiger partial charge on any atom is 0.151 e. The highest BCUT2D eigenvalue weighted by Gasteiger charge is 2.58. The molecule has 0 amide bonds. The molecule has 4 nitrogen and oxygen atoms in total. The zero-order valence-electron chi connectivity index (χ0n) is 8.12. The first kappa shape index (κ1) is 10.9. The van der Waals surface area contributed by atoms with Crippen LogP contribution in [0.15, 0.2) is 0 Å². The summed E-state index contributed by atoms with van der Waals surface area (Å²) in [5.74, 6) is 0. The van der Waals surface area contributed by atoms with Crippen LogP contribution in [0.3, 0.4) is 0 Å². The van der Waals surface area contributed by atoms with E-state index in [1.54, 1.807) is 0 Å². The molecule has 1 fully saturated rings. The molecule has 0 aliphatic heterocycles. The lowest BCUT2D eigenvalue weighted by Gasteiger charge is -2.13. The van der Waals surface area contributed by atoms with E-state index in [1.165, 1.54) is 6.26 Å². The number of sulfone groups is 1. The average molecular weight is 207 g/mol. The predicted octanol–water partition coefficient (Wildman–Crippen LogP) is -0.215. The van der Waals surface area contributed by atoms with E-state index in [9.17, 15) is 8.42 Å². The first-order chi connectivity index (χ1) is 5.96. The van der Waals surface area contributed by atoms with Crippen molar-refractivity contribution < 1.29 is 13.2 Å². The summed E-state index contributed by atoms with van der Waals surface area (Å²) >= 11 is 0. The van der Waals surface area contributed by atoms with Gasteiger partial charge < -0.3 is 10.5 Å². The Kier molecular flexibility index (Phi) is 2.99. The van der Waals surface area contributed by atoms with Crippen molar-refractivity contribution in [3.05, 3.63) is 0 Å². The molecule has 78 valence electrons. The minimum atomic E-state index is -2.94. The van der Waals surface area contributed by atoms with E-state index < -0.39 is 9.84 Å². The van der Waals surface area contributed by atoms with Gasteiger partial charge in [0.25, 0.3) is 0 Å². The summed E-state index contributed by atoms with van der Waals surface area (Å²) in [6.45, 7) is 3.36. The minimum absolute atomic E-state index is 0.281. The average Bonchev–Trinajstić information content (AvgIpc) is 2.76. The molecule has 0 bridgehead atoms. The second-order valence-corrected chi connectivity index (χ2v) is 5.95. The van der Waals surface area contributed by atoms with Crippen LogP contribution in [0.4, 0.5) is 0 Å². The zero-order chi connectivity index (χ0) is 10.1. The van der Waals surface area contributed by atoms with Gasteiger partial charge >= 0.3 is 0 Å². The highest BCUT2D eigenvalue weighted by atomic mass is 32.2. The molecular formula is C8H17NO3S. The number of nitrogens with two attached hydrogens (primary N) is 1. The number of rotatable bonds is 5. The fourth-order valence-electron chi connectivity index (χ4n) is 1.65. The summed E-state index contributed by atoms with van der Waals surface area (Å²) in [4.78, 5) is 0. The fraction of sp³-hybridized carbons (Fsp3) is 1.00. The van der Waals surface area contributed by atoms with Crippen molar-refractivity contribution in [1.82, 2.24) is 0 Å². The van der Waals surface area contributed by atoms with Gasteiger partial charge in [-0.05, 0) is 13.3 Å². The highest BCUT2D eigenvalue weighted by Crippen LogP contribution is 2.49. The van der Waals surface area contributed by atoms with Crippen LogP contribution >= 0.6 is 0 Å². The van der Waals surface area contributed by atoms with Crippen molar-refractivity contribution in [3.63, 3.8) is 0 Å². The van der Waals surface area contributed by atoms with Crippen molar-refractivity contribution in [3.8, 4) is 0 Å². The third-order valence-electron chi connectivity index (χ3n) is 2.63. The van der Waals surface area contributed by atoms with Gasteiger partial charge in [0.15, 0.2) is 9.84 Å². The number of ether oxygens (including phenoxy) is 1. The van der Waals surface area contributed by atoms with Gasteiger partial charge in [0.05, 0.1) is 11.9 Å². The minimum Gasteiger partial charge on any atom is -0.381 e. The standard InChI is InChI=1S/C8H17NO3S/c1-3-12-6-8(5-9)4-7(8)13(2,10)11/h7H,3-6,9H2,1-2H3/t7-,8-/m0/s1. The molecule has 0 saturated heterocycles. The maximum atomic E-state index is 11.2. The molecule has 0 unspecified atom stereocenters. The Morgan fingerprint density at radius 2 is 2.23 bits per heavy atom. The van der Waals surface area contributed by atoms with Crippen LogP contribution in [-0.2, 0) is 14.6 Å². The number of hydrogen-bond donors (Lipinski definition) is 1. The molecule has 0 radical (unpaired) electrons. The quantitative estimate of drug-likeness (QED) is 0.677. The molecule has 2 N–H and O–H groups in total. The normalized spacial score (nSPS) is 33.3. The smallest absolute Gasteiger partial charge is 0.151 e. The van der Waals surface area contributed by atoms with E-state index in [4.69, 9.17) is 10.5 Å². The van der Waals surface area contributed by atoms with Crippen LogP contribution in [0.5, 0.6) is 0 Å². The molecule has 2 atom stereocenters. The van der Waals surface area contributed by atoms with Crippen LogP contribution < -0.4 is 5.73 Å². The van der Waals surface area contributed by atoms with Crippen molar-refractivity contribution >= 4 is 9.84 Å². The van der Waals surface area contributed by atoms with Gasteiger partial charge in [0.1, 0.15) is 0 Å². The van der Waals surface area contributed by atoms with E-state index in [2.05, 4.69) is 0 Å². The molecule has 13 heavy (non-hydrogen) atoms. The first-order valence-electron chi connectivity index (χ1n) is 4.43. The first-order valence-corrected chi connectivity index (χ1v) is 6.38. The van der Waals surface area contributed by atoms with Gasteiger partial charge in [-0.25, -0.2) is 8.42 Å². The van der Waals surface area contributed by atoms with Crippen LogP contribution in [0.25, 0.3) is 0 Å². The third kappa shape index (κ3) is 2.21. The van der Waals surface area contributed by atoms with Crippen LogP contribution in [0.2, 0.25) is 0 Å². The molecule has 1 rings (SSSR count). The van der Waals surface area contributed by atoms with Gasteiger partial charge in [-0.3, -0.25) is 0 Å². The predicted molar refractivity (Wildman–Crippen MR) is 51.2 cm³/mol. The summed E-state index contributed by atoms with van der Waals surface area (Å²) in [6, 6.07) is 0. The van der Waals surface area contributed by atoms with Gasteiger partial charge in [0.2, 0.25) is 0 Å². The lowest BCUT2D eigenvalue weighted by molar-refractivity contribution is 0.104. The Balaban J connectivity index is 2.59. The molecule has 1 aliphatic carbocycles. The molecule has 0 heterocycles. The van der Waals surface area contributed by atoms with Crippen molar-refractivity contribution in [2.75, 3.05) is 26.0 Å². The Morgan fingerprint density at radius 3 is 2.54 bits per heavy atom. The zero-order valence-corrected chi connectivity index (χ0v) is 8.93. The van der Waals surface area contributed by atoms with Gasteiger partial charge in [0, 0.05) is 24.8 Å². The topological polar surface area (TPSA) is 69.4 Å². The monoisotopic (exact) mass is 207 g/mol. The molecule has 0 aromatic carbocycles. The van der Waals surface area contributed by atoms with E-state index in [0.29, 0.717) is 26.2 Å². The molecule has 1 saturated carbocycles. The Labute approximate surface area is 79.4 Å². The van der Waals surface area contributed by atoms with Crippen LogP contribution in [0, 0.1) is 5.41 Å². The SMILES string of the molecule is CCOC[C@@]1(CN)C[C@@H]1S(C)(=O)=O. The van der Waals surface area contributed by atoms with E-state index >= 15 is 0 Å². The molecule has 5 heteroatoms. The van der Waals surface area contributed by atoms with Crippen molar-refractivity contribution in [2.24, 2.45) is 11.1 Å². The Morgan fingerprint density at radius 1 is 1.62 bits per heavy atom. The second kappa shape index (κ2) is 3.55. The summed E-state index contributed by atoms with van der Waals surface area (Å²) in [6.07, 6.45) is 1.92. The molecule has 0 aromatic heterocycles. The summed E-state index contributed by atoms with van der Waals surface area (Å²) in [5.41, 5.74) is 5.26. The van der Waals surface area contributed by atoms with E-state index in [1.807, 2.05) is 6.92 Å². The lowest BCUT2D eigenvalue weighted by Crippen LogP contribution is -2.28. The van der Waals surface area contributed by atoms with Gasteiger partial charge in [-0.15, -0.1) is 0 Å². The summed E-state index contributed by atoms with van der Waals surface area (Å²) < 4.78 is 27.7. The highest BCUT2D eigenvalue weighted by molar-refractivity contribution is 7.91. The largest absolute Gasteiger partial charge is 0.381 e. The van der Waals surface area contributed by atoms with Crippen molar-refractivity contribution in [2.45, 2.75) is 18.6 Å². The maximum absolute atomic E-state index is 11.2. The van der Waals surface area contributed by atoms with Crippen LogP contribution in [-0.4, -0.2) is 39.7 Å². The molecule has 0 aromatic rings. The van der Waals surface area contributed by atoms with E-state index in [0.717, 1.165) is 0 Å². The molecule has 0 spiro atoms. The Bertz CT molecular complexity index is 275. The Hall–Kier alpha value is -0.130. The van der Waals surface area contributed by atoms with Gasteiger partial charge in [-0.1, -0.05) is 0 Å². The van der Waals surface area contributed by atoms with E-state index in [-0.39, 0.29) is 10.7 Å². The van der Waals surface area contributed by atoms with Gasteiger partial charge in [-0.2, -0.15) is 0 Å². The molecular weight excluding hydrogens is 190 g/mol. The summed E-state index contributed by atoms with van der Waals surface area (Å²) in [5, 5.41) is -0.281. The third-order valence-corrected chi connectivity index (χ3v) is 4.33. The second-order valence-electron chi connectivity index (χ2n) is 3.73. The lowest BCUT2D eigenvalue weighted by atomic mass is 10.1. The fourth-order valence-corrected chi connectivity index (χ4v) is 3.35. The van der Waals surface area contributed by atoms with Crippen LogP contribution in [0.1, 0.15) is 13.3 Å². The number of hydrogen-bond acceptors (Lipinski definition) is 4. The molecule has 1 aliphatic rings. The van der Waals surface area contributed by atoms with Crippen molar-refractivity contribution in [1.29, 1.82) is 0 Å².